The molecule has 19 heavy (non-hydrogen) atoms. The van der Waals surface area contributed by atoms with Gasteiger partial charge in [-0.05, 0) is 19.9 Å². The van der Waals surface area contributed by atoms with Gasteiger partial charge in [0.2, 0.25) is 0 Å². The molecule has 1 rings (SSSR count). The maximum Gasteiger partial charge on any atom is 0.426 e. The number of carbonyl (C=O) groups is 2. The molecule has 8 nitrogen and oxygen atoms in total. The zero-order chi connectivity index (χ0) is 14.4. The molecule has 2 amide bonds. The van der Waals surface area contributed by atoms with Crippen molar-refractivity contribution in [3.05, 3.63) is 39.4 Å². The van der Waals surface area contributed by atoms with Gasteiger partial charge in [0, 0.05) is 17.2 Å². The predicted octanol–water partition coefficient (Wildman–Crippen LogP) is 1.29. The lowest BCUT2D eigenvalue weighted by molar-refractivity contribution is -0.385. The molecule has 8 heteroatoms. The van der Waals surface area contributed by atoms with E-state index in [0.29, 0.717) is 5.56 Å². The van der Waals surface area contributed by atoms with Gasteiger partial charge in [-0.25, -0.2) is 10.2 Å². The van der Waals surface area contributed by atoms with Gasteiger partial charge >= 0.3 is 6.09 Å². The summed E-state index contributed by atoms with van der Waals surface area (Å²) < 4.78 is 4.54. The van der Waals surface area contributed by atoms with Crippen LogP contribution in [0.2, 0.25) is 0 Å². The minimum Gasteiger partial charge on any atom is -0.449 e. The summed E-state index contributed by atoms with van der Waals surface area (Å²) in [5.74, 6) is -0.670. The van der Waals surface area contributed by atoms with Crippen molar-refractivity contribution in [3.63, 3.8) is 0 Å². The molecule has 0 aromatic heterocycles. The molecule has 0 aliphatic carbocycles. The first kappa shape index (κ1) is 14.4. The number of nitrogens with zero attached hydrogens (tertiary/aromatic N) is 1. The van der Waals surface area contributed by atoms with Crippen LogP contribution in [0.25, 0.3) is 0 Å². The molecule has 0 heterocycles. The average Bonchev–Trinajstić information content (AvgIpc) is 2.36. The molecular formula is C11H13N3O5. The minimum atomic E-state index is -0.808. The maximum atomic E-state index is 11.6. The predicted molar refractivity (Wildman–Crippen MR) is 65.5 cm³/mol. The number of carbonyl (C=O) groups excluding carboxylic acids is 2. The van der Waals surface area contributed by atoms with Gasteiger partial charge in [0.15, 0.2) is 0 Å². The number of rotatable bonds is 3. The SMILES string of the molecule is CCOC(=O)NNC(=O)c1ccc(C)c([N+](=O)[O-])c1. The highest BCUT2D eigenvalue weighted by Gasteiger charge is 2.15. The molecule has 0 bridgehead atoms. The molecule has 0 unspecified atom stereocenters. The van der Waals surface area contributed by atoms with Gasteiger partial charge in [0.25, 0.3) is 11.6 Å². The number of ether oxygens (including phenoxy) is 1. The summed E-state index contributed by atoms with van der Waals surface area (Å²) in [6.07, 6.45) is -0.808. The van der Waals surface area contributed by atoms with Crippen molar-refractivity contribution >= 4 is 17.7 Å². The standard InChI is InChI=1S/C11H13N3O5/c1-3-19-11(16)13-12-10(15)8-5-4-7(2)9(6-8)14(17)18/h4-6H,3H2,1-2H3,(H,12,15)(H,13,16). The van der Waals surface area contributed by atoms with E-state index >= 15 is 0 Å². The Kier molecular flexibility index (Phi) is 4.81. The largest absolute Gasteiger partial charge is 0.449 e. The molecule has 0 spiro atoms. The van der Waals surface area contributed by atoms with Crippen molar-refractivity contribution in [2.45, 2.75) is 13.8 Å². The Labute approximate surface area is 108 Å². The highest BCUT2D eigenvalue weighted by Crippen LogP contribution is 2.18. The zero-order valence-corrected chi connectivity index (χ0v) is 10.4. The first-order valence-corrected chi connectivity index (χ1v) is 5.43. The fraction of sp³-hybridized carbons (Fsp3) is 0.273. The molecule has 0 aliphatic heterocycles. The third-order valence-corrected chi connectivity index (χ3v) is 2.22. The van der Waals surface area contributed by atoms with Crippen molar-refractivity contribution in [1.82, 2.24) is 10.9 Å². The first-order chi connectivity index (χ1) is 8.95. The Balaban J connectivity index is 2.75. The molecule has 0 radical (unpaired) electrons. The Hall–Kier alpha value is -2.64. The molecule has 1 aromatic rings. The number of nitro groups is 1. The van der Waals surface area contributed by atoms with Crippen molar-refractivity contribution in [2.75, 3.05) is 6.61 Å². The molecule has 0 aliphatic rings. The van der Waals surface area contributed by atoms with Crippen molar-refractivity contribution in [2.24, 2.45) is 0 Å². The van der Waals surface area contributed by atoms with Gasteiger partial charge in [-0.2, -0.15) is 0 Å². The van der Waals surface area contributed by atoms with E-state index in [4.69, 9.17) is 0 Å². The molecule has 0 saturated carbocycles. The lowest BCUT2D eigenvalue weighted by Crippen LogP contribution is -2.41. The molecule has 1 aromatic carbocycles. The second kappa shape index (κ2) is 6.34. The lowest BCUT2D eigenvalue weighted by atomic mass is 10.1. The van der Waals surface area contributed by atoms with Crippen LogP contribution in [0.1, 0.15) is 22.8 Å². The normalized spacial score (nSPS) is 9.58. The number of amides is 2. The van der Waals surface area contributed by atoms with Gasteiger partial charge in [0.1, 0.15) is 0 Å². The van der Waals surface area contributed by atoms with Crippen LogP contribution in [0.15, 0.2) is 18.2 Å². The molecule has 0 atom stereocenters. The van der Waals surface area contributed by atoms with Crippen LogP contribution in [-0.2, 0) is 4.74 Å². The number of nitro benzene ring substituents is 1. The molecule has 2 N–H and O–H groups in total. The smallest absolute Gasteiger partial charge is 0.426 e. The van der Waals surface area contributed by atoms with E-state index in [1.54, 1.807) is 13.8 Å². The van der Waals surface area contributed by atoms with E-state index in [1.165, 1.54) is 12.1 Å². The fourth-order valence-corrected chi connectivity index (χ4v) is 1.29. The van der Waals surface area contributed by atoms with E-state index in [-0.39, 0.29) is 17.9 Å². The summed E-state index contributed by atoms with van der Waals surface area (Å²) in [4.78, 5) is 32.7. The van der Waals surface area contributed by atoms with E-state index in [0.717, 1.165) is 6.07 Å². The summed E-state index contributed by atoms with van der Waals surface area (Å²) in [7, 11) is 0. The van der Waals surface area contributed by atoms with Gasteiger partial charge in [0.05, 0.1) is 11.5 Å². The Bertz CT molecular complexity index is 515. The summed E-state index contributed by atoms with van der Waals surface area (Å²) in [6, 6.07) is 4.01. The lowest BCUT2D eigenvalue weighted by Gasteiger charge is -2.07. The number of benzene rings is 1. The summed E-state index contributed by atoms with van der Waals surface area (Å²) in [6.45, 7) is 3.35. The van der Waals surface area contributed by atoms with E-state index in [9.17, 15) is 19.7 Å². The Morgan fingerprint density at radius 3 is 2.63 bits per heavy atom. The zero-order valence-electron chi connectivity index (χ0n) is 10.4. The maximum absolute atomic E-state index is 11.6. The van der Waals surface area contributed by atoms with Gasteiger partial charge < -0.3 is 4.74 Å². The van der Waals surface area contributed by atoms with Crippen molar-refractivity contribution < 1.29 is 19.2 Å². The molecular weight excluding hydrogens is 254 g/mol. The van der Waals surface area contributed by atoms with Crippen LogP contribution in [0.5, 0.6) is 0 Å². The van der Waals surface area contributed by atoms with Crippen LogP contribution in [0.3, 0.4) is 0 Å². The number of hydrogen-bond acceptors (Lipinski definition) is 5. The fourth-order valence-electron chi connectivity index (χ4n) is 1.29. The van der Waals surface area contributed by atoms with Crippen LogP contribution < -0.4 is 10.9 Å². The molecule has 0 saturated heterocycles. The van der Waals surface area contributed by atoms with Crippen molar-refractivity contribution in [3.8, 4) is 0 Å². The monoisotopic (exact) mass is 267 g/mol. The topological polar surface area (TPSA) is 111 Å². The van der Waals surface area contributed by atoms with Crippen LogP contribution in [0.4, 0.5) is 10.5 Å². The van der Waals surface area contributed by atoms with E-state index < -0.39 is 16.9 Å². The van der Waals surface area contributed by atoms with E-state index in [2.05, 4.69) is 10.2 Å². The highest BCUT2D eigenvalue weighted by atomic mass is 16.6. The number of nitrogens with one attached hydrogen (secondary N) is 2. The van der Waals surface area contributed by atoms with Gasteiger partial charge in [-0.15, -0.1) is 0 Å². The number of aryl methyl sites for hydroxylation is 1. The number of hydrogen-bond donors (Lipinski definition) is 2. The minimum absolute atomic E-state index is 0.0640. The summed E-state index contributed by atoms with van der Waals surface area (Å²) >= 11 is 0. The second-order valence-electron chi connectivity index (χ2n) is 3.56. The third kappa shape index (κ3) is 3.95. The van der Waals surface area contributed by atoms with Crippen LogP contribution >= 0.6 is 0 Å². The van der Waals surface area contributed by atoms with Gasteiger partial charge in [-0.1, -0.05) is 6.07 Å². The van der Waals surface area contributed by atoms with Crippen LogP contribution in [0, 0.1) is 17.0 Å². The second-order valence-corrected chi connectivity index (χ2v) is 3.56. The Morgan fingerprint density at radius 1 is 1.37 bits per heavy atom. The van der Waals surface area contributed by atoms with E-state index in [1.807, 2.05) is 5.43 Å². The highest BCUT2D eigenvalue weighted by molar-refractivity contribution is 5.95. The molecule has 102 valence electrons. The number of hydrazine groups is 1. The van der Waals surface area contributed by atoms with Crippen molar-refractivity contribution in [1.29, 1.82) is 0 Å². The molecule has 0 fully saturated rings. The first-order valence-electron chi connectivity index (χ1n) is 5.43. The quantitative estimate of drug-likeness (QED) is 0.633. The van der Waals surface area contributed by atoms with Crippen LogP contribution in [-0.4, -0.2) is 23.5 Å². The average molecular weight is 267 g/mol. The Morgan fingerprint density at radius 2 is 2.05 bits per heavy atom. The third-order valence-electron chi connectivity index (χ3n) is 2.22. The summed E-state index contributed by atoms with van der Waals surface area (Å²) in [5.41, 5.74) is 4.44. The van der Waals surface area contributed by atoms with Gasteiger partial charge in [-0.3, -0.25) is 20.3 Å². The summed E-state index contributed by atoms with van der Waals surface area (Å²) in [5, 5.41) is 10.7.